The van der Waals surface area contributed by atoms with Gasteiger partial charge >= 0.3 is 0 Å². The summed E-state index contributed by atoms with van der Waals surface area (Å²) >= 11 is 0. The molecule has 1 heterocycles. The predicted octanol–water partition coefficient (Wildman–Crippen LogP) is 12.5. The maximum atomic E-state index is 5.52. The number of fused-ring (bicyclic) bond motifs is 11. The summed E-state index contributed by atoms with van der Waals surface area (Å²) in [6, 6.07) is 58.7. The molecule has 10 rings (SSSR count). The minimum atomic E-state index is -0.523. The second-order valence-electron chi connectivity index (χ2n) is 15.0. The van der Waals surface area contributed by atoms with Crippen LogP contribution in [0.25, 0.3) is 33.0 Å². The van der Waals surface area contributed by atoms with E-state index in [2.05, 4.69) is 210 Å². The average molecular weight is 765 g/mol. The maximum absolute atomic E-state index is 5.52. The highest BCUT2D eigenvalue weighted by molar-refractivity contribution is 6.03. The van der Waals surface area contributed by atoms with Gasteiger partial charge in [0.25, 0.3) is 0 Å². The topological polar surface area (TPSA) is 67.3 Å². The Bertz CT molecular complexity index is 2720. The zero-order valence-electron chi connectivity index (χ0n) is 33.2. The van der Waals surface area contributed by atoms with E-state index in [0.29, 0.717) is 0 Å². The zero-order chi connectivity index (χ0) is 40.2. The van der Waals surface area contributed by atoms with Crippen LogP contribution in [0.4, 0.5) is 17.1 Å². The van der Waals surface area contributed by atoms with E-state index in [9.17, 15) is 0 Å². The normalized spacial score (nSPS) is 16.2. The SMILES string of the molecule is CN.N\C=C/C=C\C=C\C(Nc1ccc(-c2ccc3c(c2)C2(c4ccccc4N(C4C=CC=CC4)c4ccccc42)c2c-3ccc3ccccc23)cc1)c1ccccc1. The lowest BCUT2D eigenvalue weighted by atomic mass is 9.63. The molecule has 0 fully saturated rings. The van der Waals surface area contributed by atoms with Gasteiger partial charge in [-0.3, -0.25) is 0 Å². The van der Waals surface area contributed by atoms with Gasteiger partial charge in [0, 0.05) is 17.1 Å². The Hall–Kier alpha value is -7.14. The molecule has 4 nitrogen and oxygen atoms in total. The Morgan fingerprint density at radius 3 is 2.02 bits per heavy atom. The molecule has 5 N–H and O–H groups in total. The number of para-hydroxylation sites is 2. The van der Waals surface area contributed by atoms with E-state index < -0.39 is 5.41 Å². The lowest BCUT2D eigenvalue weighted by Gasteiger charge is -2.47. The first-order valence-corrected chi connectivity index (χ1v) is 20.5. The van der Waals surface area contributed by atoms with Gasteiger partial charge in [-0.2, -0.15) is 0 Å². The van der Waals surface area contributed by atoms with Crippen molar-refractivity contribution in [3.8, 4) is 22.3 Å². The van der Waals surface area contributed by atoms with Gasteiger partial charge in [0.1, 0.15) is 0 Å². The first-order chi connectivity index (χ1) is 29.3. The van der Waals surface area contributed by atoms with Gasteiger partial charge in [-0.15, -0.1) is 0 Å². The fourth-order valence-electron chi connectivity index (χ4n) is 9.47. The number of nitrogens with two attached hydrogens (primary N) is 2. The molecule has 1 aliphatic heterocycles. The van der Waals surface area contributed by atoms with Crippen LogP contribution in [0.15, 0.2) is 219 Å². The molecule has 0 saturated heterocycles. The first kappa shape index (κ1) is 37.4. The van der Waals surface area contributed by atoms with E-state index >= 15 is 0 Å². The quantitative estimate of drug-likeness (QED) is 0.135. The minimum Gasteiger partial charge on any atom is -0.405 e. The van der Waals surface area contributed by atoms with Crippen molar-refractivity contribution in [2.75, 3.05) is 17.3 Å². The van der Waals surface area contributed by atoms with Crippen LogP contribution in [-0.4, -0.2) is 13.1 Å². The summed E-state index contributed by atoms with van der Waals surface area (Å²) in [5, 5.41) is 6.32. The molecule has 0 aromatic heterocycles. The molecule has 3 aliphatic rings. The van der Waals surface area contributed by atoms with Crippen molar-refractivity contribution < 1.29 is 0 Å². The molecule has 7 aromatic carbocycles. The Balaban J connectivity index is 0.00000221. The Morgan fingerprint density at radius 2 is 1.29 bits per heavy atom. The second kappa shape index (κ2) is 16.4. The summed E-state index contributed by atoms with van der Waals surface area (Å²) < 4.78 is 0. The van der Waals surface area contributed by atoms with Gasteiger partial charge in [0.15, 0.2) is 0 Å². The van der Waals surface area contributed by atoms with Crippen molar-refractivity contribution in [1.29, 1.82) is 0 Å². The van der Waals surface area contributed by atoms with Crippen LogP contribution >= 0.6 is 0 Å². The predicted molar refractivity (Wildman–Crippen MR) is 250 cm³/mol. The highest BCUT2D eigenvalue weighted by Gasteiger charge is 2.52. The minimum absolute atomic E-state index is 0.00265. The number of nitrogens with one attached hydrogen (secondary N) is 1. The summed E-state index contributed by atoms with van der Waals surface area (Å²) in [4.78, 5) is 2.58. The Kier molecular flexibility index (Phi) is 10.4. The van der Waals surface area contributed by atoms with Crippen LogP contribution in [0.5, 0.6) is 0 Å². The number of rotatable bonds is 8. The summed E-state index contributed by atoms with van der Waals surface area (Å²) in [5.41, 5.74) is 24.6. The third-order valence-electron chi connectivity index (χ3n) is 11.9. The molecule has 2 atom stereocenters. The van der Waals surface area contributed by atoms with Crippen molar-refractivity contribution >= 4 is 27.8 Å². The monoisotopic (exact) mass is 764 g/mol. The highest BCUT2D eigenvalue weighted by Crippen LogP contribution is 2.64. The lowest BCUT2D eigenvalue weighted by molar-refractivity contribution is 0.704. The van der Waals surface area contributed by atoms with E-state index in [1.165, 1.54) is 85.5 Å². The Morgan fingerprint density at radius 1 is 0.627 bits per heavy atom. The molecular weight excluding hydrogens is 717 g/mol. The van der Waals surface area contributed by atoms with Crippen molar-refractivity contribution in [3.63, 3.8) is 0 Å². The van der Waals surface area contributed by atoms with Crippen LogP contribution in [0.3, 0.4) is 0 Å². The molecule has 0 saturated carbocycles. The van der Waals surface area contributed by atoms with Crippen LogP contribution in [0.2, 0.25) is 0 Å². The summed E-state index contributed by atoms with van der Waals surface area (Å²) in [7, 11) is 1.50. The van der Waals surface area contributed by atoms with Gasteiger partial charge in [-0.25, -0.2) is 0 Å². The molecule has 59 heavy (non-hydrogen) atoms. The van der Waals surface area contributed by atoms with E-state index in [1.54, 1.807) is 0 Å². The molecule has 0 bridgehead atoms. The number of anilines is 3. The number of allylic oxidation sites excluding steroid dienone is 6. The van der Waals surface area contributed by atoms with Gasteiger partial charge in [-0.1, -0.05) is 176 Å². The van der Waals surface area contributed by atoms with Crippen LogP contribution in [0, 0.1) is 0 Å². The van der Waals surface area contributed by atoms with Crippen LogP contribution in [0.1, 0.15) is 40.3 Å². The number of nitrogens with zero attached hydrogens (tertiary/aromatic N) is 1. The largest absolute Gasteiger partial charge is 0.405 e. The van der Waals surface area contributed by atoms with Crippen molar-refractivity contribution in [2.45, 2.75) is 23.9 Å². The molecular formula is C55H48N4. The molecule has 2 aliphatic carbocycles. The van der Waals surface area contributed by atoms with Crippen LogP contribution < -0.4 is 21.7 Å². The van der Waals surface area contributed by atoms with E-state index in [4.69, 9.17) is 5.73 Å². The number of hydrogen-bond donors (Lipinski definition) is 3. The molecule has 1 spiro atoms. The highest BCUT2D eigenvalue weighted by atomic mass is 15.2. The maximum Gasteiger partial charge on any atom is 0.0760 e. The van der Waals surface area contributed by atoms with Gasteiger partial charge < -0.3 is 21.7 Å². The summed E-state index contributed by atoms with van der Waals surface area (Å²) in [5.74, 6) is 0. The summed E-state index contributed by atoms with van der Waals surface area (Å²) in [6.07, 6.45) is 21.5. The molecule has 7 aromatic rings. The average Bonchev–Trinajstić information content (AvgIpc) is 3.60. The smallest absolute Gasteiger partial charge is 0.0760 e. The third-order valence-corrected chi connectivity index (χ3v) is 11.9. The zero-order valence-corrected chi connectivity index (χ0v) is 33.2. The number of hydrogen-bond acceptors (Lipinski definition) is 4. The first-order valence-electron chi connectivity index (χ1n) is 20.5. The second-order valence-corrected chi connectivity index (χ2v) is 15.0. The lowest BCUT2D eigenvalue weighted by Crippen LogP contribution is -2.41. The van der Waals surface area contributed by atoms with Crippen molar-refractivity contribution in [1.82, 2.24) is 0 Å². The van der Waals surface area contributed by atoms with E-state index in [1.807, 2.05) is 18.2 Å². The van der Waals surface area contributed by atoms with Gasteiger partial charge in [0.05, 0.1) is 17.5 Å². The molecule has 288 valence electrons. The van der Waals surface area contributed by atoms with E-state index in [0.717, 1.165) is 12.1 Å². The summed E-state index contributed by atoms with van der Waals surface area (Å²) in [6.45, 7) is 0. The van der Waals surface area contributed by atoms with Gasteiger partial charge in [0.2, 0.25) is 0 Å². The number of benzene rings is 7. The van der Waals surface area contributed by atoms with Gasteiger partial charge in [-0.05, 0) is 117 Å². The van der Waals surface area contributed by atoms with E-state index in [-0.39, 0.29) is 12.1 Å². The molecule has 4 heteroatoms. The van der Waals surface area contributed by atoms with Crippen LogP contribution in [-0.2, 0) is 5.41 Å². The van der Waals surface area contributed by atoms with Crippen molar-refractivity contribution in [3.05, 3.63) is 246 Å². The fourth-order valence-corrected chi connectivity index (χ4v) is 9.47. The molecule has 0 radical (unpaired) electrons. The standard InChI is InChI=1S/C54H43N3.CH5N/c55-36-16-2-1-9-25-50(40-18-5-3-6-19-40)56-42-32-28-38(29-33-42)41-31-34-45-46-35-30-39-17-10-11-22-44(39)53(46)54(49(45)37-41)47-23-12-14-26-51(47)57(43-20-7-4-8-21-43)52-27-15-13-24-48(52)54;1-2/h1-20,22-37,43,50,56H,21,55H2;2H2,1H3/b2-1-,25-9+,36-16-;. The third kappa shape index (κ3) is 6.48. The fraction of sp³-hybridized carbons (Fsp3) is 0.0909. The molecule has 0 amide bonds. The van der Waals surface area contributed by atoms with Crippen molar-refractivity contribution in [2.24, 2.45) is 11.5 Å². The Labute approximate surface area is 347 Å². The molecule has 2 unspecified atom stereocenters.